The Bertz CT molecular complexity index is 1370. The number of amides is 1. The second kappa shape index (κ2) is 7.97. The van der Waals surface area contributed by atoms with Crippen molar-refractivity contribution in [1.29, 1.82) is 0 Å². The number of halogens is 4. The zero-order valence-electron chi connectivity index (χ0n) is 20.2. The maximum atomic E-state index is 14.7. The van der Waals surface area contributed by atoms with Gasteiger partial charge in [-0.15, -0.1) is 5.11 Å². The van der Waals surface area contributed by atoms with Gasteiger partial charge in [-0.3, -0.25) is 9.78 Å². The number of allylic oxidation sites excluding steroid dienone is 1. The smallest absolute Gasteiger partial charge is 0.362 e. The first kappa shape index (κ1) is 24.1. The molecule has 2 atom stereocenters. The lowest BCUT2D eigenvalue weighted by molar-refractivity contribution is -0.120. The molecule has 36 heavy (non-hydrogen) atoms. The highest BCUT2D eigenvalue weighted by molar-refractivity contribution is 6.00. The number of nitrogens with one attached hydrogen (secondary N) is 2. The maximum absolute atomic E-state index is 14.7. The van der Waals surface area contributed by atoms with E-state index in [1.807, 2.05) is 13.8 Å². The Kier molecular flexibility index (Phi) is 5.35. The minimum atomic E-state index is -4.77. The van der Waals surface area contributed by atoms with Gasteiger partial charge >= 0.3 is 6.18 Å². The van der Waals surface area contributed by atoms with Crippen molar-refractivity contribution in [3.8, 4) is 11.1 Å². The number of carbonyl (C=O) groups excluding carboxylic acids is 1. The fourth-order valence-electron chi connectivity index (χ4n) is 5.65. The van der Waals surface area contributed by atoms with Crippen LogP contribution < -0.4 is 10.6 Å². The zero-order valence-corrected chi connectivity index (χ0v) is 20.2. The number of carbonyl (C=O) groups is 1. The number of nitrogens with zero attached hydrogens (tertiary/aromatic N) is 3. The van der Waals surface area contributed by atoms with Crippen molar-refractivity contribution in [2.75, 3.05) is 0 Å². The van der Waals surface area contributed by atoms with Crippen molar-refractivity contribution in [3.05, 3.63) is 76.1 Å². The SMILES string of the molecule is CC[C@@]1(c2cccc(-c3cc(C)ncc3F)c2)C2=C(CC(C)(C)NC2=O)NC2N=NC(C(F)(F)F)=C21. The largest absolute Gasteiger partial charge is 0.435 e. The van der Waals surface area contributed by atoms with Gasteiger partial charge in [-0.1, -0.05) is 25.1 Å². The van der Waals surface area contributed by atoms with Crippen LogP contribution in [0.3, 0.4) is 0 Å². The normalized spacial score (nSPS) is 24.9. The van der Waals surface area contributed by atoms with Crippen LogP contribution in [-0.2, 0) is 10.2 Å². The number of hydrogen-bond acceptors (Lipinski definition) is 5. The molecule has 2 aromatic rings. The number of benzene rings is 1. The minimum Gasteiger partial charge on any atom is -0.362 e. The third-order valence-electron chi connectivity index (χ3n) is 7.06. The summed E-state index contributed by atoms with van der Waals surface area (Å²) in [5, 5.41) is 13.5. The van der Waals surface area contributed by atoms with E-state index in [2.05, 4.69) is 25.8 Å². The summed E-state index contributed by atoms with van der Waals surface area (Å²) in [5.41, 5.74) is -0.773. The van der Waals surface area contributed by atoms with E-state index in [0.29, 0.717) is 28.9 Å². The number of alkyl halides is 3. The fourth-order valence-corrected chi connectivity index (χ4v) is 5.65. The van der Waals surface area contributed by atoms with Crippen LogP contribution in [0.5, 0.6) is 0 Å². The average Bonchev–Trinajstić information content (AvgIpc) is 3.23. The molecule has 1 amide bonds. The number of azo groups is 1. The highest BCUT2D eigenvalue weighted by atomic mass is 19.4. The molecule has 188 valence electrons. The lowest BCUT2D eigenvalue weighted by Gasteiger charge is -2.48. The number of hydrogen-bond donors (Lipinski definition) is 2. The molecule has 6 nitrogen and oxygen atoms in total. The molecular weight excluding hydrogens is 474 g/mol. The van der Waals surface area contributed by atoms with Gasteiger partial charge in [0.2, 0.25) is 0 Å². The van der Waals surface area contributed by atoms with E-state index < -0.39 is 40.7 Å². The second-order valence-electron chi connectivity index (χ2n) is 10.0. The Morgan fingerprint density at radius 3 is 2.64 bits per heavy atom. The Balaban J connectivity index is 1.83. The summed E-state index contributed by atoms with van der Waals surface area (Å²) in [7, 11) is 0. The van der Waals surface area contributed by atoms with E-state index in [0.717, 1.165) is 6.20 Å². The van der Waals surface area contributed by atoms with E-state index in [1.54, 1.807) is 44.2 Å². The van der Waals surface area contributed by atoms with Gasteiger partial charge in [0.25, 0.3) is 5.91 Å². The first-order chi connectivity index (χ1) is 16.9. The summed E-state index contributed by atoms with van der Waals surface area (Å²) in [5.74, 6) is -1.00. The topological polar surface area (TPSA) is 78.7 Å². The van der Waals surface area contributed by atoms with E-state index in [9.17, 15) is 22.4 Å². The van der Waals surface area contributed by atoms with Crippen molar-refractivity contribution in [2.45, 2.75) is 63.8 Å². The molecule has 1 aromatic carbocycles. The van der Waals surface area contributed by atoms with Gasteiger partial charge in [-0.25, -0.2) is 4.39 Å². The summed E-state index contributed by atoms with van der Waals surface area (Å²) >= 11 is 0. The molecule has 0 saturated carbocycles. The van der Waals surface area contributed by atoms with Gasteiger partial charge in [-0.2, -0.15) is 18.3 Å². The van der Waals surface area contributed by atoms with E-state index in [4.69, 9.17) is 0 Å². The van der Waals surface area contributed by atoms with Crippen molar-refractivity contribution >= 4 is 5.91 Å². The second-order valence-corrected chi connectivity index (χ2v) is 10.0. The number of rotatable bonds is 3. The Hall–Kier alpha value is -3.56. The van der Waals surface area contributed by atoms with Crippen molar-refractivity contribution in [1.82, 2.24) is 15.6 Å². The summed E-state index contributed by atoms with van der Waals surface area (Å²) in [6.45, 7) is 7.16. The molecule has 1 unspecified atom stereocenters. The number of pyridine rings is 1. The van der Waals surface area contributed by atoms with Crippen LogP contribution in [0.4, 0.5) is 17.6 Å². The molecule has 0 spiro atoms. The van der Waals surface area contributed by atoms with E-state index in [-0.39, 0.29) is 23.1 Å². The highest BCUT2D eigenvalue weighted by Gasteiger charge is 2.57. The molecule has 10 heteroatoms. The predicted octanol–water partition coefficient (Wildman–Crippen LogP) is 5.61. The lowest BCUT2D eigenvalue weighted by Crippen LogP contribution is -2.58. The van der Waals surface area contributed by atoms with Crippen molar-refractivity contribution in [2.24, 2.45) is 10.2 Å². The van der Waals surface area contributed by atoms with Gasteiger partial charge in [-0.05, 0) is 50.5 Å². The average molecular weight is 500 g/mol. The van der Waals surface area contributed by atoms with Gasteiger partial charge in [0.1, 0.15) is 5.82 Å². The first-order valence-corrected chi connectivity index (χ1v) is 11.7. The Morgan fingerprint density at radius 2 is 1.94 bits per heavy atom. The highest BCUT2D eigenvalue weighted by Crippen LogP contribution is 2.55. The molecule has 0 bridgehead atoms. The molecule has 3 aliphatic heterocycles. The Morgan fingerprint density at radius 1 is 1.19 bits per heavy atom. The third kappa shape index (κ3) is 3.61. The number of aryl methyl sites for hydroxylation is 1. The molecule has 5 rings (SSSR count). The third-order valence-corrected chi connectivity index (χ3v) is 7.06. The maximum Gasteiger partial charge on any atom is 0.435 e. The summed E-state index contributed by atoms with van der Waals surface area (Å²) < 4.78 is 57.3. The first-order valence-electron chi connectivity index (χ1n) is 11.7. The van der Waals surface area contributed by atoms with E-state index in [1.165, 1.54) is 0 Å². The monoisotopic (exact) mass is 499 g/mol. The number of aromatic nitrogens is 1. The predicted molar refractivity (Wildman–Crippen MR) is 125 cm³/mol. The number of fused-ring (bicyclic) bond motifs is 1. The van der Waals surface area contributed by atoms with Crippen LogP contribution in [0.1, 0.15) is 44.9 Å². The van der Waals surface area contributed by atoms with Gasteiger partial charge < -0.3 is 10.6 Å². The molecule has 3 aliphatic rings. The fraction of sp³-hybridized carbons (Fsp3) is 0.385. The molecule has 0 fully saturated rings. The lowest BCUT2D eigenvalue weighted by atomic mass is 9.61. The minimum absolute atomic E-state index is 0.116. The molecular formula is C26H25F4N5O. The molecule has 4 heterocycles. The van der Waals surface area contributed by atoms with Crippen LogP contribution in [0.15, 0.2) is 69.3 Å². The summed E-state index contributed by atoms with van der Waals surface area (Å²) in [6, 6.07) is 8.26. The zero-order chi connectivity index (χ0) is 26.0. The summed E-state index contributed by atoms with van der Waals surface area (Å²) in [6.07, 6.45) is -4.20. The van der Waals surface area contributed by atoms with Crippen LogP contribution in [0.2, 0.25) is 0 Å². The Labute approximate surface area is 205 Å². The standard InChI is InChI=1S/C26H25F4N5O/c1-5-25(15-8-6-7-14(10-15)16-9-13(2)31-12-17(16)27)19-18(11-24(3,4)33-23(19)36)32-22-20(25)21(34-35-22)26(28,29)30/h6-10,12,22,32H,5,11H2,1-4H3,(H,33,36)/t22?,25-/m1/s1. The van der Waals surface area contributed by atoms with Gasteiger partial charge in [0.15, 0.2) is 11.9 Å². The molecule has 1 aromatic heterocycles. The molecule has 0 radical (unpaired) electrons. The quantitative estimate of drug-likeness (QED) is 0.539. The van der Waals surface area contributed by atoms with Crippen molar-refractivity contribution < 1.29 is 22.4 Å². The van der Waals surface area contributed by atoms with Crippen LogP contribution >= 0.6 is 0 Å². The molecule has 0 saturated heterocycles. The van der Waals surface area contributed by atoms with Crippen LogP contribution in [-0.4, -0.2) is 28.8 Å². The molecule has 2 N–H and O–H groups in total. The van der Waals surface area contributed by atoms with Crippen LogP contribution in [0, 0.1) is 12.7 Å². The molecule has 0 aliphatic carbocycles. The van der Waals surface area contributed by atoms with Crippen molar-refractivity contribution in [3.63, 3.8) is 0 Å². The summed E-state index contributed by atoms with van der Waals surface area (Å²) in [4.78, 5) is 17.5. The van der Waals surface area contributed by atoms with E-state index >= 15 is 0 Å². The van der Waals surface area contributed by atoms with Gasteiger partial charge in [0, 0.05) is 34.5 Å². The van der Waals surface area contributed by atoms with Crippen LogP contribution in [0.25, 0.3) is 11.1 Å². The van der Waals surface area contributed by atoms with Gasteiger partial charge in [0.05, 0.1) is 17.2 Å².